The average molecular weight is 473 g/mol. The largest absolute Gasteiger partial charge is 0.339 e. The smallest absolute Gasteiger partial charge is 0.257 e. The predicted molar refractivity (Wildman–Crippen MR) is 120 cm³/mol. The highest BCUT2D eigenvalue weighted by atomic mass is 79.9. The lowest BCUT2D eigenvalue weighted by Gasteiger charge is -2.35. The van der Waals surface area contributed by atoms with Crippen molar-refractivity contribution in [1.29, 1.82) is 0 Å². The second-order valence-corrected chi connectivity index (χ2v) is 9.38. The third-order valence-corrected chi connectivity index (χ3v) is 6.96. The molecule has 1 aromatic carbocycles. The normalized spacial score (nSPS) is 17.6. The summed E-state index contributed by atoms with van der Waals surface area (Å²) in [5.41, 5.74) is 3.18. The Hall–Kier alpha value is -2.15. The highest BCUT2D eigenvalue weighted by molar-refractivity contribution is 9.10. The first kappa shape index (κ1) is 21.1. The van der Waals surface area contributed by atoms with Gasteiger partial charge in [-0.2, -0.15) is 5.10 Å². The number of aromatic nitrogens is 2. The van der Waals surface area contributed by atoms with Crippen LogP contribution in [0, 0.1) is 19.8 Å². The summed E-state index contributed by atoms with van der Waals surface area (Å²) < 4.78 is 2.83. The fourth-order valence-corrected chi connectivity index (χ4v) is 4.96. The van der Waals surface area contributed by atoms with Gasteiger partial charge in [-0.15, -0.1) is 0 Å². The fourth-order valence-electron chi connectivity index (χ4n) is 4.69. The van der Waals surface area contributed by atoms with Crippen LogP contribution in [0.15, 0.2) is 28.7 Å². The highest BCUT2D eigenvalue weighted by Crippen LogP contribution is 2.28. The molecular weight excluding hydrogens is 444 g/mol. The maximum Gasteiger partial charge on any atom is 0.257 e. The summed E-state index contributed by atoms with van der Waals surface area (Å²) in [5.74, 6) is 0.826. The van der Waals surface area contributed by atoms with Gasteiger partial charge in [0, 0.05) is 37.1 Å². The lowest BCUT2D eigenvalue weighted by atomic mass is 10.0. The van der Waals surface area contributed by atoms with Gasteiger partial charge in [0.25, 0.3) is 5.91 Å². The first-order chi connectivity index (χ1) is 14.4. The number of halogens is 1. The summed E-state index contributed by atoms with van der Waals surface area (Å²) in [7, 11) is 0. The molecule has 4 rings (SSSR count). The van der Waals surface area contributed by atoms with E-state index in [0.29, 0.717) is 44.1 Å². The summed E-state index contributed by atoms with van der Waals surface area (Å²) >= 11 is 3.45. The molecule has 0 radical (unpaired) electrons. The molecule has 30 heavy (non-hydrogen) atoms. The average Bonchev–Trinajstić information content (AvgIpc) is 3.36. The van der Waals surface area contributed by atoms with Crippen molar-refractivity contribution < 1.29 is 9.59 Å². The zero-order valence-corrected chi connectivity index (χ0v) is 19.3. The number of nitrogens with zero attached hydrogens (tertiary/aromatic N) is 4. The minimum Gasteiger partial charge on any atom is -0.339 e. The Morgan fingerprint density at radius 1 is 1.00 bits per heavy atom. The van der Waals surface area contributed by atoms with E-state index in [1.807, 2.05) is 52.6 Å². The van der Waals surface area contributed by atoms with Gasteiger partial charge >= 0.3 is 0 Å². The third-order valence-electron chi connectivity index (χ3n) is 6.43. The topological polar surface area (TPSA) is 58.4 Å². The Labute approximate surface area is 186 Å². The highest BCUT2D eigenvalue weighted by Gasteiger charge is 2.29. The molecule has 1 saturated heterocycles. The molecular formula is C23H29BrN4O2. The van der Waals surface area contributed by atoms with Gasteiger partial charge in [0.1, 0.15) is 0 Å². The Morgan fingerprint density at radius 3 is 2.23 bits per heavy atom. The van der Waals surface area contributed by atoms with Crippen LogP contribution in [0.1, 0.15) is 53.8 Å². The maximum atomic E-state index is 13.3. The van der Waals surface area contributed by atoms with E-state index in [2.05, 4.69) is 21.0 Å². The lowest BCUT2D eigenvalue weighted by Crippen LogP contribution is -2.51. The molecule has 1 aliphatic heterocycles. The van der Waals surface area contributed by atoms with E-state index in [0.717, 1.165) is 21.5 Å². The van der Waals surface area contributed by atoms with Crippen LogP contribution in [0.2, 0.25) is 0 Å². The predicted octanol–water partition coefficient (Wildman–Crippen LogP) is 4.12. The molecule has 0 atom stereocenters. The molecule has 1 aliphatic carbocycles. The van der Waals surface area contributed by atoms with Crippen LogP contribution in [-0.2, 0) is 4.79 Å². The number of rotatable bonds is 4. The van der Waals surface area contributed by atoms with Crippen molar-refractivity contribution in [2.75, 3.05) is 26.2 Å². The minimum absolute atomic E-state index is 0.0104. The molecule has 2 heterocycles. The second-order valence-electron chi connectivity index (χ2n) is 8.46. The molecule has 6 nitrogen and oxygen atoms in total. The van der Waals surface area contributed by atoms with Gasteiger partial charge in [0.15, 0.2) is 0 Å². The van der Waals surface area contributed by atoms with Gasteiger partial charge in [0.2, 0.25) is 5.91 Å². The van der Waals surface area contributed by atoms with E-state index >= 15 is 0 Å². The third kappa shape index (κ3) is 4.31. The van der Waals surface area contributed by atoms with Crippen molar-refractivity contribution in [1.82, 2.24) is 19.6 Å². The van der Waals surface area contributed by atoms with Crippen LogP contribution in [-0.4, -0.2) is 57.6 Å². The molecule has 0 spiro atoms. The van der Waals surface area contributed by atoms with E-state index in [1.54, 1.807) is 0 Å². The van der Waals surface area contributed by atoms with Crippen molar-refractivity contribution in [3.8, 4) is 5.69 Å². The van der Waals surface area contributed by atoms with Gasteiger partial charge < -0.3 is 9.80 Å². The minimum atomic E-state index is 0.0104. The van der Waals surface area contributed by atoms with Gasteiger partial charge in [-0.3, -0.25) is 9.59 Å². The number of benzene rings is 1. The summed E-state index contributed by atoms with van der Waals surface area (Å²) in [6.07, 6.45) is 5.56. The monoisotopic (exact) mass is 472 g/mol. The van der Waals surface area contributed by atoms with Crippen LogP contribution < -0.4 is 0 Å². The number of carbonyl (C=O) groups is 2. The number of hydrogen-bond donors (Lipinski definition) is 0. The zero-order chi connectivity index (χ0) is 21.3. The number of hydrogen-bond acceptors (Lipinski definition) is 3. The van der Waals surface area contributed by atoms with E-state index < -0.39 is 0 Å². The molecule has 0 unspecified atom stereocenters. The molecule has 0 bridgehead atoms. The lowest BCUT2D eigenvalue weighted by molar-refractivity contribution is -0.133. The summed E-state index contributed by atoms with van der Waals surface area (Å²) in [5, 5.41) is 4.62. The number of amides is 2. The van der Waals surface area contributed by atoms with Crippen molar-refractivity contribution in [3.05, 3.63) is 45.7 Å². The van der Waals surface area contributed by atoms with Crippen LogP contribution in [0.25, 0.3) is 5.69 Å². The number of piperazine rings is 1. The molecule has 2 aliphatic rings. The summed E-state index contributed by atoms with van der Waals surface area (Å²) in [6.45, 7) is 6.23. The van der Waals surface area contributed by atoms with E-state index in [1.165, 1.54) is 25.7 Å². The molecule has 1 aromatic heterocycles. The van der Waals surface area contributed by atoms with E-state index in [4.69, 9.17) is 0 Å². The molecule has 2 aromatic rings. The Morgan fingerprint density at radius 2 is 1.60 bits per heavy atom. The van der Waals surface area contributed by atoms with Crippen LogP contribution in [0.5, 0.6) is 0 Å². The van der Waals surface area contributed by atoms with Crippen LogP contribution in [0.3, 0.4) is 0 Å². The number of carbonyl (C=O) groups excluding carboxylic acids is 2. The van der Waals surface area contributed by atoms with Gasteiger partial charge in [-0.05, 0) is 56.9 Å². The van der Waals surface area contributed by atoms with Crippen molar-refractivity contribution in [2.24, 2.45) is 5.92 Å². The Kier molecular flexibility index (Phi) is 6.27. The van der Waals surface area contributed by atoms with E-state index in [-0.39, 0.29) is 11.8 Å². The Bertz CT molecular complexity index is 923. The van der Waals surface area contributed by atoms with Crippen molar-refractivity contribution in [2.45, 2.75) is 46.0 Å². The maximum absolute atomic E-state index is 13.3. The molecule has 1 saturated carbocycles. The molecule has 160 valence electrons. The van der Waals surface area contributed by atoms with Crippen LogP contribution >= 0.6 is 15.9 Å². The summed E-state index contributed by atoms with van der Waals surface area (Å²) in [6, 6.07) is 7.89. The quantitative estimate of drug-likeness (QED) is 0.672. The van der Waals surface area contributed by atoms with E-state index in [9.17, 15) is 9.59 Å². The van der Waals surface area contributed by atoms with Gasteiger partial charge in [-0.1, -0.05) is 28.8 Å². The molecule has 2 fully saturated rings. The standard InChI is InChI=1S/C23H29BrN4O2/c1-16-22(17(2)28(25-16)20-9-7-19(24)8-10-20)23(30)27-13-11-26(12-14-27)21(29)15-18-5-3-4-6-18/h7-10,18H,3-6,11-15H2,1-2H3. The molecule has 7 heteroatoms. The van der Waals surface area contributed by atoms with Crippen molar-refractivity contribution in [3.63, 3.8) is 0 Å². The molecule has 2 amide bonds. The first-order valence-corrected chi connectivity index (χ1v) is 11.6. The van der Waals surface area contributed by atoms with Crippen molar-refractivity contribution >= 4 is 27.7 Å². The SMILES string of the molecule is Cc1nn(-c2ccc(Br)cc2)c(C)c1C(=O)N1CCN(C(=O)CC2CCCC2)CC1. The van der Waals surface area contributed by atoms with Gasteiger partial charge in [-0.25, -0.2) is 4.68 Å². The fraction of sp³-hybridized carbons (Fsp3) is 0.522. The van der Waals surface area contributed by atoms with Crippen LogP contribution in [0.4, 0.5) is 0 Å². The number of aryl methyl sites for hydroxylation is 1. The molecule has 0 N–H and O–H groups in total. The zero-order valence-electron chi connectivity index (χ0n) is 17.7. The Balaban J connectivity index is 1.42. The second kappa shape index (κ2) is 8.92. The first-order valence-electron chi connectivity index (χ1n) is 10.8. The van der Waals surface area contributed by atoms with Gasteiger partial charge in [0.05, 0.1) is 22.6 Å². The summed E-state index contributed by atoms with van der Waals surface area (Å²) in [4.78, 5) is 29.7.